The number of carboxylic acid groups (broad SMARTS) is 1. The molecule has 8 nitrogen and oxygen atoms in total. The molecule has 4 aliphatic rings. The number of phenolic OH excluding ortho intramolecular Hbond substituents is 1. The number of aromatic hydroxyl groups is 1. The van der Waals surface area contributed by atoms with Gasteiger partial charge in [-0.25, -0.2) is 0 Å². The molecular formula is C21H18N2O6S2. The SMILES string of the molecule is O=C(O)CN1C(=O)[C@@H]2[C@@H]3C[C@@H]([C@H]4Sc5[nH]c(=O)sc5[C@@H](c5ccc(O)cc5)[C@H]34)[C@@H]2C1=O. The van der Waals surface area contributed by atoms with Crippen LogP contribution in [-0.2, 0) is 14.4 Å². The Morgan fingerprint density at radius 2 is 1.77 bits per heavy atom. The van der Waals surface area contributed by atoms with Gasteiger partial charge in [-0.2, -0.15) is 0 Å². The lowest BCUT2D eigenvalue weighted by Gasteiger charge is -2.43. The van der Waals surface area contributed by atoms with Gasteiger partial charge in [-0.05, 0) is 41.9 Å². The van der Waals surface area contributed by atoms with Gasteiger partial charge in [-0.3, -0.25) is 24.1 Å². The summed E-state index contributed by atoms with van der Waals surface area (Å²) in [6.07, 6.45) is 0.754. The second kappa shape index (κ2) is 6.46. The summed E-state index contributed by atoms with van der Waals surface area (Å²) in [5, 5.41) is 19.8. The summed E-state index contributed by atoms with van der Waals surface area (Å²) in [6.45, 7) is -0.589. The maximum atomic E-state index is 13.1. The molecule has 10 heteroatoms. The Hall–Kier alpha value is -2.59. The van der Waals surface area contributed by atoms with Gasteiger partial charge in [0, 0.05) is 16.0 Å². The Kier molecular flexibility index (Phi) is 3.98. The number of fused-ring (bicyclic) bond motifs is 9. The van der Waals surface area contributed by atoms with Crippen molar-refractivity contribution < 1.29 is 24.6 Å². The highest BCUT2D eigenvalue weighted by molar-refractivity contribution is 8.00. The molecule has 3 fully saturated rings. The molecule has 1 saturated heterocycles. The summed E-state index contributed by atoms with van der Waals surface area (Å²) in [4.78, 5) is 54.1. The van der Waals surface area contributed by atoms with E-state index in [1.54, 1.807) is 23.9 Å². The van der Waals surface area contributed by atoms with Gasteiger partial charge in [-0.1, -0.05) is 23.5 Å². The summed E-state index contributed by atoms with van der Waals surface area (Å²) >= 11 is 2.76. The number of nitrogens with one attached hydrogen (secondary N) is 1. The van der Waals surface area contributed by atoms with E-state index >= 15 is 0 Å². The van der Waals surface area contributed by atoms with Crippen LogP contribution >= 0.6 is 23.1 Å². The maximum Gasteiger partial charge on any atom is 0.323 e. The number of nitrogens with zero attached hydrogens (tertiary/aromatic N) is 1. The van der Waals surface area contributed by atoms with Gasteiger partial charge in [0.1, 0.15) is 12.3 Å². The van der Waals surface area contributed by atoms with Crippen LogP contribution in [0.3, 0.4) is 0 Å². The minimum absolute atomic E-state index is 0.0311. The number of aromatic amines is 1. The van der Waals surface area contributed by atoms with Crippen molar-refractivity contribution >= 4 is 40.9 Å². The number of phenols is 1. The van der Waals surface area contributed by atoms with Crippen molar-refractivity contribution in [3.8, 4) is 5.75 Å². The lowest BCUT2D eigenvalue weighted by Crippen LogP contribution is -2.42. The molecule has 2 saturated carbocycles. The number of likely N-dealkylation sites (tertiary alicyclic amines) is 1. The van der Waals surface area contributed by atoms with Gasteiger partial charge in [0.2, 0.25) is 11.8 Å². The Morgan fingerprint density at radius 1 is 1.10 bits per heavy atom. The van der Waals surface area contributed by atoms with Crippen LogP contribution in [0.5, 0.6) is 5.75 Å². The van der Waals surface area contributed by atoms with Gasteiger partial charge < -0.3 is 15.2 Å². The third kappa shape index (κ3) is 2.54. The smallest absolute Gasteiger partial charge is 0.323 e. The highest BCUT2D eigenvalue weighted by Gasteiger charge is 2.69. The fraction of sp³-hybridized carbons (Fsp3) is 0.429. The average Bonchev–Trinajstić information content (AvgIpc) is 3.44. The average molecular weight is 459 g/mol. The summed E-state index contributed by atoms with van der Waals surface area (Å²) in [5.74, 6) is -2.87. The Morgan fingerprint density at radius 3 is 2.45 bits per heavy atom. The van der Waals surface area contributed by atoms with Crippen molar-refractivity contribution in [3.05, 3.63) is 44.4 Å². The molecule has 2 aromatic rings. The molecule has 7 atom stereocenters. The highest BCUT2D eigenvalue weighted by Crippen LogP contribution is 2.68. The Bertz CT molecular complexity index is 1190. The van der Waals surface area contributed by atoms with Crippen LogP contribution in [0.15, 0.2) is 34.1 Å². The number of thiazole rings is 1. The molecule has 3 heterocycles. The second-order valence-electron chi connectivity index (χ2n) is 8.71. The van der Waals surface area contributed by atoms with E-state index < -0.39 is 24.3 Å². The molecule has 2 aliphatic carbocycles. The van der Waals surface area contributed by atoms with E-state index in [-0.39, 0.29) is 51.4 Å². The molecule has 31 heavy (non-hydrogen) atoms. The zero-order chi connectivity index (χ0) is 21.6. The third-order valence-corrected chi connectivity index (χ3v) is 9.95. The van der Waals surface area contributed by atoms with Gasteiger partial charge >= 0.3 is 10.8 Å². The summed E-state index contributed by atoms with van der Waals surface area (Å²) < 4.78 is 0. The number of aliphatic carboxylic acids is 1. The van der Waals surface area contributed by atoms with E-state index in [1.807, 2.05) is 12.1 Å². The van der Waals surface area contributed by atoms with Crippen molar-refractivity contribution in [3.63, 3.8) is 0 Å². The largest absolute Gasteiger partial charge is 0.508 e. The first-order valence-corrected chi connectivity index (χ1v) is 11.8. The van der Waals surface area contributed by atoms with Crippen LogP contribution in [-0.4, -0.2) is 49.7 Å². The summed E-state index contributed by atoms with van der Waals surface area (Å²) in [5.41, 5.74) is 0.966. The second-order valence-corrected chi connectivity index (χ2v) is 10.9. The van der Waals surface area contributed by atoms with Crippen molar-refractivity contribution in [1.82, 2.24) is 9.88 Å². The number of thioether (sulfide) groups is 1. The molecule has 0 radical (unpaired) electrons. The molecule has 0 unspecified atom stereocenters. The predicted molar refractivity (Wildman–Crippen MR) is 111 cm³/mol. The van der Waals surface area contributed by atoms with Gasteiger partial charge in [-0.15, -0.1) is 11.8 Å². The van der Waals surface area contributed by atoms with Gasteiger partial charge in [0.15, 0.2) is 0 Å². The molecular weight excluding hydrogens is 440 g/mol. The number of carbonyl (C=O) groups excluding carboxylic acids is 2. The summed E-state index contributed by atoms with van der Waals surface area (Å²) in [6, 6.07) is 6.94. The maximum absolute atomic E-state index is 13.1. The van der Waals surface area contributed by atoms with Crippen molar-refractivity contribution in [2.75, 3.05) is 6.54 Å². The van der Waals surface area contributed by atoms with E-state index in [2.05, 4.69) is 4.98 Å². The van der Waals surface area contributed by atoms with Crippen LogP contribution < -0.4 is 4.87 Å². The number of rotatable bonds is 3. The van der Waals surface area contributed by atoms with E-state index in [0.717, 1.165) is 26.8 Å². The van der Waals surface area contributed by atoms with Crippen LogP contribution in [0, 0.1) is 29.6 Å². The number of H-pyrrole nitrogens is 1. The van der Waals surface area contributed by atoms with Gasteiger partial charge in [0.05, 0.1) is 16.9 Å². The van der Waals surface area contributed by atoms with Crippen molar-refractivity contribution in [1.29, 1.82) is 0 Å². The normalized spacial score (nSPS) is 35.2. The number of amides is 2. The molecule has 1 aromatic heterocycles. The number of carbonyl (C=O) groups is 3. The molecule has 2 aliphatic heterocycles. The predicted octanol–water partition coefficient (Wildman–Crippen LogP) is 1.70. The number of benzene rings is 1. The standard InChI is InChI=1S/C21H18N2O6S2/c24-8-3-1-7(2-4-8)12-13-9-5-10(16(13)30-18-17(12)31-21(29)22-18)15-14(9)19(27)23(20(15)28)6-11(25)26/h1-4,9-10,12-16,24H,5-6H2,(H,22,29)(H,25,26)/t9-,10-,12+,13+,14-,15+,16-/m1/s1. The quantitative estimate of drug-likeness (QED) is 0.597. The first-order valence-electron chi connectivity index (χ1n) is 10.1. The number of aromatic nitrogens is 1. The summed E-state index contributed by atoms with van der Waals surface area (Å²) in [7, 11) is 0. The van der Waals surface area contributed by atoms with E-state index in [9.17, 15) is 24.3 Å². The van der Waals surface area contributed by atoms with Crippen LogP contribution in [0.25, 0.3) is 0 Å². The van der Waals surface area contributed by atoms with Crippen LogP contribution in [0.1, 0.15) is 22.8 Å². The third-order valence-electron chi connectivity index (χ3n) is 7.36. The fourth-order valence-electron chi connectivity index (χ4n) is 6.42. The van der Waals surface area contributed by atoms with E-state index in [0.29, 0.717) is 0 Å². The monoisotopic (exact) mass is 458 g/mol. The zero-order valence-corrected chi connectivity index (χ0v) is 17.7. The lowest BCUT2D eigenvalue weighted by atomic mass is 9.68. The number of hydrogen-bond acceptors (Lipinski definition) is 7. The van der Waals surface area contributed by atoms with E-state index in [1.165, 1.54) is 11.3 Å². The number of hydrogen-bond donors (Lipinski definition) is 3. The van der Waals surface area contributed by atoms with E-state index in [4.69, 9.17) is 5.11 Å². The molecule has 0 spiro atoms. The minimum atomic E-state index is -1.19. The molecule has 2 bridgehead atoms. The van der Waals surface area contributed by atoms with Crippen LogP contribution in [0.2, 0.25) is 0 Å². The van der Waals surface area contributed by atoms with Crippen LogP contribution in [0.4, 0.5) is 0 Å². The molecule has 1 aromatic carbocycles. The molecule has 6 rings (SSSR count). The molecule has 160 valence electrons. The molecule has 3 N–H and O–H groups in total. The highest BCUT2D eigenvalue weighted by atomic mass is 32.2. The topological polar surface area (TPSA) is 128 Å². The number of carboxylic acids is 1. The fourth-order valence-corrected chi connectivity index (χ4v) is 9.31. The van der Waals surface area contributed by atoms with Gasteiger partial charge in [0.25, 0.3) is 0 Å². The minimum Gasteiger partial charge on any atom is -0.508 e. The number of imide groups is 1. The zero-order valence-electron chi connectivity index (χ0n) is 16.1. The van der Waals surface area contributed by atoms with Crippen molar-refractivity contribution in [2.45, 2.75) is 22.6 Å². The first-order chi connectivity index (χ1) is 14.8. The first kappa shape index (κ1) is 19.1. The lowest BCUT2D eigenvalue weighted by molar-refractivity contribution is -0.149. The Labute approximate surface area is 184 Å². The molecule has 2 amide bonds. The van der Waals surface area contributed by atoms with Crippen molar-refractivity contribution in [2.24, 2.45) is 29.6 Å². The Balaban J connectivity index is 1.45.